The van der Waals surface area contributed by atoms with Gasteiger partial charge in [0.05, 0.1) is 17.2 Å². The van der Waals surface area contributed by atoms with Crippen molar-refractivity contribution in [2.75, 3.05) is 12.4 Å². The smallest absolute Gasteiger partial charge is 0.332 e. The first kappa shape index (κ1) is 13.5. The van der Waals surface area contributed by atoms with Crippen LogP contribution in [0.5, 0.6) is 0 Å². The Morgan fingerprint density at radius 3 is 2.69 bits per heavy atom. The molecular weight excluding hydrogens is 253 g/mol. The first-order valence-electron chi connectivity index (χ1n) is 5.30. The average molecular weight is 268 g/mol. The van der Waals surface area contributed by atoms with Crippen molar-refractivity contribution in [3.05, 3.63) is 4.91 Å². The molecular formula is C9H15Cl2N3O2. The van der Waals surface area contributed by atoms with Gasteiger partial charge in [0.25, 0.3) is 0 Å². The van der Waals surface area contributed by atoms with Crippen LogP contribution in [0.15, 0.2) is 5.29 Å². The summed E-state index contributed by atoms with van der Waals surface area (Å²) in [5.74, 6) is 0.175. The normalized spacial score (nSPS) is 24.9. The molecule has 7 heteroatoms. The number of hydrogen-bond acceptors (Lipinski definition) is 3. The lowest BCUT2D eigenvalue weighted by atomic mass is 9.95. The third-order valence-corrected chi connectivity index (χ3v) is 3.31. The van der Waals surface area contributed by atoms with Crippen LogP contribution in [0.25, 0.3) is 0 Å². The summed E-state index contributed by atoms with van der Waals surface area (Å²) < 4.78 is 0. The molecule has 0 aliphatic heterocycles. The van der Waals surface area contributed by atoms with E-state index >= 15 is 0 Å². The predicted octanol–water partition coefficient (Wildman–Crippen LogP) is 2.47. The molecule has 1 fully saturated rings. The number of nitroso groups, excluding NO2 is 1. The molecule has 0 saturated heterocycles. The van der Waals surface area contributed by atoms with Gasteiger partial charge >= 0.3 is 6.03 Å². The number of nitrogens with one attached hydrogen (secondary N) is 1. The summed E-state index contributed by atoms with van der Waals surface area (Å²) in [6.07, 6.45) is 3.85. The standard InChI is InChI=1S/C9H15Cl2N3O2/c10-5-6-14(13-16)9(15)12-8-4-2-1-3-7(8)11/h7-8H,1-6H2,(H,12,15)/t7-,8+/m1/s1. The van der Waals surface area contributed by atoms with E-state index in [1.165, 1.54) is 0 Å². The van der Waals surface area contributed by atoms with Gasteiger partial charge in [-0.3, -0.25) is 0 Å². The Morgan fingerprint density at radius 2 is 2.12 bits per heavy atom. The number of urea groups is 1. The van der Waals surface area contributed by atoms with E-state index in [1.807, 2.05) is 0 Å². The number of carbonyl (C=O) groups is 1. The van der Waals surface area contributed by atoms with Crippen molar-refractivity contribution < 1.29 is 4.79 Å². The minimum atomic E-state index is -0.520. The van der Waals surface area contributed by atoms with Gasteiger partial charge in [-0.05, 0) is 12.8 Å². The van der Waals surface area contributed by atoms with E-state index in [0.29, 0.717) is 0 Å². The van der Waals surface area contributed by atoms with E-state index < -0.39 is 6.03 Å². The average Bonchev–Trinajstić information content (AvgIpc) is 2.29. The number of alkyl halides is 2. The van der Waals surface area contributed by atoms with Crippen LogP contribution < -0.4 is 5.32 Å². The SMILES string of the molecule is O=NN(CCCl)C(=O)N[C@H]1CCCC[C@H]1Cl. The number of nitrogens with zero attached hydrogens (tertiary/aromatic N) is 2. The second-order valence-corrected chi connectivity index (χ2v) is 4.69. The first-order chi connectivity index (χ1) is 7.69. The van der Waals surface area contributed by atoms with Crippen LogP contribution in [0.4, 0.5) is 4.79 Å². The molecule has 1 saturated carbocycles. The molecule has 1 N–H and O–H groups in total. The van der Waals surface area contributed by atoms with Crippen molar-refractivity contribution >= 4 is 29.2 Å². The Hall–Kier alpha value is -0.550. The minimum Gasteiger partial charge on any atom is -0.332 e. The summed E-state index contributed by atoms with van der Waals surface area (Å²) in [6, 6.07) is -0.601. The van der Waals surface area contributed by atoms with Gasteiger partial charge in [-0.1, -0.05) is 12.8 Å². The maximum absolute atomic E-state index is 11.6. The Morgan fingerprint density at radius 1 is 1.44 bits per heavy atom. The zero-order chi connectivity index (χ0) is 12.0. The lowest BCUT2D eigenvalue weighted by Crippen LogP contribution is -2.47. The quantitative estimate of drug-likeness (QED) is 0.483. The molecule has 0 aromatic rings. The van der Waals surface area contributed by atoms with Crippen molar-refractivity contribution in [3.63, 3.8) is 0 Å². The highest BCUT2D eigenvalue weighted by atomic mass is 35.5. The number of amides is 2. The van der Waals surface area contributed by atoms with Gasteiger partial charge in [0.1, 0.15) is 0 Å². The first-order valence-corrected chi connectivity index (χ1v) is 6.27. The lowest BCUT2D eigenvalue weighted by molar-refractivity contribution is 0.194. The molecule has 0 heterocycles. The molecule has 0 aromatic heterocycles. The highest BCUT2D eigenvalue weighted by Gasteiger charge is 2.26. The van der Waals surface area contributed by atoms with Gasteiger partial charge in [-0.25, -0.2) is 4.79 Å². The third-order valence-electron chi connectivity index (χ3n) is 2.62. The maximum Gasteiger partial charge on any atom is 0.340 e. The van der Waals surface area contributed by atoms with E-state index in [1.54, 1.807) is 0 Å². The molecule has 2 atom stereocenters. The molecule has 0 aromatic carbocycles. The van der Waals surface area contributed by atoms with Crippen molar-refractivity contribution in [1.82, 2.24) is 10.3 Å². The van der Waals surface area contributed by atoms with E-state index in [0.717, 1.165) is 30.7 Å². The summed E-state index contributed by atoms with van der Waals surface area (Å²) in [5, 5.41) is 6.03. The fraction of sp³-hybridized carbons (Fsp3) is 0.889. The molecule has 2 amide bonds. The molecule has 5 nitrogen and oxygen atoms in total. The summed E-state index contributed by atoms with van der Waals surface area (Å²) >= 11 is 11.5. The molecule has 1 aliphatic carbocycles. The van der Waals surface area contributed by atoms with Crippen LogP contribution in [-0.2, 0) is 0 Å². The summed E-state index contributed by atoms with van der Waals surface area (Å²) in [7, 11) is 0. The molecule has 0 unspecified atom stereocenters. The Bertz CT molecular complexity index is 253. The van der Waals surface area contributed by atoms with Crippen LogP contribution >= 0.6 is 23.2 Å². The topological polar surface area (TPSA) is 61.8 Å². The fourth-order valence-corrected chi connectivity index (χ4v) is 2.24. The van der Waals surface area contributed by atoms with E-state index in [2.05, 4.69) is 10.6 Å². The number of hydrogen-bond donors (Lipinski definition) is 1. The highest BCUT2D eigenvalue weighted by Crippen LogP contribution is 2.23. The zero-order valence-electron chi connectivity index (χ0n) is 8.86. The molecule has 16 heavy (non-hydrogen) atoms. The number of carbonyl (C=O) groups excluding carboxylic acids is 1. The summed E-state index contributed by atoms with van der Waals surface area (Å²) in [6.45, 7) is 0.108. The largest absolute Gasteiger partial charge is 0.340 e. The molecule has 0 radical (unpaired) electrons. The summed E-state index contributed by atoms with van der Waals surface area (Å²) in [4.78, 5) is 22.0. The van der Waals surface area contributed by atoms with Crippen LogP contribution in [0, 0.1) is 4.91 Å². The van der Waals surface area contributed by atoms with Crippen LogP contribution in [0.3, 0.4) is 0 Å². The monoisotopic (exact) mass is 267 g/mol. The van der Waals surface area contributed by atoms with E-state index in [4.69, 9.17) is 23.2 Å². The number of halogens is 2. The molecule has 1 aliphatic rings. The minimum absolute atomic E-state index is 0.0674. The molecule has 0 spiro atoms. The number of rotatable bonds is 4. The van der Waals surface area contributed by atoms with Crippen molar-refractivity contribution in [3.8, 4) is 0 Å². The van der Waals surface area contributed by atoms with Gasteiger partial charge in [-0.2, -0.15) is 5.01 Å². The zero-order valence-corrected chi connectivity index (χ0v) is 10.4. The van der Waals surface area contributed by atoms with E-state index in [-0.39, 0.29) is 23.8 Å². The Balaban J connectivity index is 2.44. The molecule has 92 valence electrons. The van der Waals surface area contributed by atoms with Crippen molar-refractivity contribution in [1.29, 1.82) is 0 Å². The van der Waals surface area contributed by atoms with Crippen LogP contribution in [0.2, 0.25) is 0 Å². The lowest BCUT2D eigenvalue weighted by Gasteiger charge is -2.28. The maximum atomic E-state index is 11.6. The Kier molecular flexibility index (Phi) is 5.84. The van der Waals surface area contributed by atoms with Gasteiger partial charge < -0.3 is 5.32 Å². The molecule has 0 bridgehead atoms. The van der Waals surface area contributed by atoms with Gasteiger partial charge in [-0.15, -0.1) is 28.1 Å². The Labute approximate surface area is 104 Å². The molecule has 1 rings (SSSR count). The second kappa shape index (κ2) is 6.91. The van der Waals surface area contributed by atoms with Gasteiger partial charge in [0, 0.05) is 11.9 Å². The van der Waals surface area contributed by atoms with Crippen LogP contribution in [0.1, 0.15) is 25.7 Å². The third kappa shape index (κ3) is 3.79. The highest BCUT2D eigenvalue weighted by molar-refractivity contribution is 6.21. The van der Waals surface area contributed by atoms with Gasteiger partial charge in [0.15, 0.2) is 0 Å². The second-order valence-electron chi connectivity index (χ2n) is 3.75. The predicted molar refractivity (Wildman–Crippen MR) is 63.6 cm³/mol. The van der Waals surface area contributed by atoms with Crippen molar-refractivity contribution in [2.24, 2.45) is 5.29 Å². The van der Waals surface area contributed by atoms with Gasteiger partial charge in [0.2, 0.25) is 0 Å². The van der Waals surface area contributed by atoms with Crippen LogP contribution in [-0.4, -0.2) is 34.9 Å². The van der Waals surface area contributed by atoms with Crippen molar-refractivity contribution in [2.45, 2.75) is 37.1 Å². The fourth-order valence-electron chi connectivity index (χ4n) is 1.74. The van der Waals surface area contributed by atoms with E-state index in [9.17, 15) is 9.70 Å². The summed E-state index contributed by atoms with van der Waals surface area (Å²) in [5.41, 5.74) is 0.